The molecule has 0 spiro atoms. The van der Waals surface area contributed by atoms with E-state index in [0.717, 1.165) is 6.42 Å². The van der Waals surface area contributed by atoms with Gasteiger partial charge in [-0.2, -0.15) is 0 Å². The van der Waals surface area contributed by atoms with Crippen molar-refractivity contribution in [2.45, 2.75) is 31.7 Å². The minimum absolute atomic E-state index is 0.0113. The third-order valence-electron chi connectivity index (χ3n) is 2.44. The van der Waals surface area contributed by atoms with E-state index in [4.69, 9.17) is 9.84 Å². The Morgan fingerprint density at radius 2 is 2.00 bits per heavy atom. The third kappa shape index (κ3) is 1.77. The highest BCUT2D eigenvalue weighted by Gasteiger charge is 2.36. The molecule has 1 saturated heterocycles. The van der Waals surface area contributed by atoms with Crippen molar-refractivity contribution in [2.75, 3.05) is 13.2 Å². The standard InChI is InChI=1S/C8H16O4/c1-2-5-4-12-6(3-9)8(11)7(5)10/h5-11H,2-4H2,1H3/t5-,6+,7+,8-/m0/s1. The summed E-state index contributed by atoms with van der Waals surface area (Å²) in [5.74, 6) is -0.0113. The quantitative estimate of drug-likeness (QED) is 0.511. The summed E-state index contributed by atoms with van der Waals surface area (Å²) in [4.78, 5) is 0. The van der Waals surface area contributed by atoms with Crippen LogP contribution >= 0.6 is 0 Å². The first kappa shape index (κ1) is 9.92. The second-order valence-electron chi connectivity index (χ2n) is 3.20. The lowest BCUT2D eigenvalue weighted by Crippen LogP contribution is -2.51. The molecule has 1 fully saturated rings. The molecule has 0 amide bonds. The molecule has 0 aromatic carbocycles. The molecule has 4 atom stereocenters. The number of aliphatic hydroxyl groups excluding tert-OH is 3. The summed E-state index contributed by atoms with van der Waals surface area (Å²) < 4.78 is 5.15. The molecule has 1 aliphatic heterocycles. The molecule has 0 bridgehead atoms. The van der Waals surface area contributed by atoms with E-state index < -0.39 is 18.3 Å². The lowest BCUT2D eigenvalue weighted by atomic mass is 9.91. The summed E-state index contributed by atoms with van der Waals surface area (Å²) >= 11 is 0. The maximum Gasteiger partial charge on any atom is 0.109 e. The van der Waals surface area contributed by atoms with Gasteiger partial charge >= 0.3 is 0 Å². The van der Waals surface area contributed by atoms with Crippen molar-refractivity contribution in [2.24, 2.45) is 5.92 Å². The molecule has 1 aliphatic rings. The van der Waals surface area contributed by atoms with Crippen LogP contribution in [0.25, 0.3) is 0 Å². The zero-order valence-electron chi connectivity index (χ0n) is 7.18. The molecule has 0 unspecified atom stereocenters. The van der Waals surface area contributed by atoms with E-state index in [-0.39, 0.29) is 12.5 Å². The van der Waals surface area contributed by atoms with Gasteiger partial charge in [0.2, 0.25) is 0 Å². The third-order valence-corrected chi connectivity index (χ3v) is 2.44. The molecule has 4 nitrogen and oxygen atoms in total. The average molecular weight is 176 g/mol. The van der Waals surface area contributed by atoms with E-state index in [1.807, 2.05) is 6.92 Å². The second-order valence-corrected chi connectivity index (χ2v) is 3.20. The maximum atomic E-state index is 9.50. The van der Waals surface area contributed by atoms with Crippen molar-refractivity contribution in [3.8, 4) is 0 Å². The Morgan fingerprint density at radius 1 is 1.33 bits per heavy atom. The molecule has 0 radical (unpaired) electrons. The van der Waals surface area contributed by atoms with Crippen molar-refractivity contribution in [1.29, 1.82) is 0 Å². The van der Waals surface area contributed by atoms with E-state index in [2.05, 4.69) is 0 Å². The van der Waals surface area contributed by atoms with Crippen LogP contribution in [-0.4, -0.2) is 46.8 Å². The zero-order valence-corrected chi connectivity index (χ0v) is 7.18. The Hall–Kier alpha value is -0.160. The molecular weight excluding hydrogens is 160 g/mol. The van der Waals surface area contributed by atoms with Gasteiger partial charge < -0.3 is 20.1 Å². The van der Waals surface area contributed by atoms with E-state index >= 15 is 0 Å². The normalized spacial score (nSPS) is 43.0. The number of rotatable bonds is 2. The molecule has 4 heteroatoms. The molecule has 0 aromatic heterocycles. The minimum Gasteiger partial charge on any atom is -0.394 e. The largest absolute Gasteiger partial charge is 0.394 e. The SMILES string of the molecule is CC[C@H]1CO[C@H](CO)[C@H](O)[C@@H]1O. The van der Waals surface area contributed by atoms with Crippen LogP contribution in [0.4, 0.5) is 0 Å². The molecule has 0 aromatic rings. The van der Waals surface area contributed by atoms with Gasteiger partial charge in [0.25, 0.3) is 0 Å². The van der Waals surface area contributed by atoms with Gasteiger partial charge in [-0.05, 0) is 6.42 Å². The fraction of sp³-hybridized carbons (Fsp3) is 1.00. The van der Waals surface area contributed by atoms with E-state index in [1.54, 1.807) is 0 Å². The molecule has 1 rings (SSSR count). The van der Waals surface area contributed by atoms with Crippen molar-refractivity contribution >= 4 is 0 Å². The van der Waals surface area contributed by atoms with Gasteiger partial charge in [-0.15, -0.1) is 0 Å². The fourth-order valence-corrected chi connectivity index (χ4v) is 1.46. The Balaban J connectivity index is 2.52. The van der Waals surface area contributed by atoms with Gasteiger partial charge in [-0.1, -0.05) is 6.92 Å². The van der Waals surface area contributed by atoms with Crippen LogP contribution in [0.1, 0.15) is 13.3 Å². The summed E-state index contributed by atoms with van der Waals surface area (Å²) in [6.07, 6.45) is -1.56. The van der Waals surface area contributed by atoms with E-state index in [9.17, 15) is 10.2 Å². The van der Waals surface area contributed by atoms with Crippen LogP contribution in [0.5, 0.6) is 0 Å². The number of hydrogen-bond donors (Lipinski definition) is 3. The molecule has 72 valence electrons. The van der Waals surface area contributed by atoms with Crippen molar-refractivity contribution < 1.29 is 20.1 Å². The fourth-order valence-electron chi connectivity index (χ4n) is 1.46. The zero-order chi connectivity index (χ0) is 9.14. The Kier molecular flexibility index (Phi) is 3.46. The van der Waals surface area contributed by atoms with Gasteiger partial charge in [0.15, 0.2) is 0 Å². The predicted octanol–water partition coefficient (Wildman–Crippen LogP) is -0.875. The van der Waals surface area contributed by atoms with E-state index in [1.165, 1.54) is 0 Å². The first-order valence-corrected chi connectivity index (χ1v) is 4.29. The summed E-state index contributed by atoms with van der Waals surface area (Å²) in [5, 5.41) is 27.6. The van der Waals surface area contributed by atoms with Crippen LogP contribution in [0.2, 0.25) is 0 Å². The first-order chi connectivity index (χ1) is 5.70. The molecule has 0 saturated carbocycles. The molecule has 0 aliphatic carbocycles. The highest BCUT2D eigenvalue weighted by molar-refractivity contribution is 4.85. The maximum absolute atomic E-state index is 9.50. The smallest absolute Gasteiger partial charge is 0.109 e. The van der Waals surface area contributed by atoms with Gasteiger partial charge in [0, 0.05) is 5.92 Å². The number of hydrogen-bond acceptors (Lipinski definition) is 4. The lowest BCUT2D eigenvalue weighted by molar-refractivity contribution is -0.174. The molecule has 12 heavy (non-hydrogen) atoms. The highest BCUT2D eigenvalue weighted by atomic mass is 16.5. The van der Waals surface area contributed by atoms with Crippen molar-refractivity contribution in [3.05, 3.63) is 0 Å². The topological polar surface area (TPSA) is 69.9 Å². The van der Waals surface area contributed by atoms with Crippen LogP contribution in [0.3, 0.4) is 0 Å². The Bertz CT molecular complexity index is 123. The van der Waals surface area contributed by atoms with Crippen LogP contribution in [0.15, 0.2) is 0 Å². The Labute approximate surface area is 71.8 Å². The van der Waals surface area contributed by atoms with Crippen LogP contribution < -0.4 is 0 Å². The summed E-state index contributed by atoms with van der Waals surface area (Å²) in [7, 11) is 0. The summed E-state index contributed by atoms with van der Waals surface area (Å²) in [5.41, 5.74) is 0. The van der Waals surface area contributed by atoms with Crippen molar-refractivity contribution in [1.82, 2.24) is 0 Å². The van der Waals surface area contributed by atoms with Gasteiger partial charge in [0.1, 0.15) is 12.2 Å². The van der Waals surface area contributed by atoms with Crippen molar-refractivity contribution in [3.63, 3.8) is 0 Å². The molecular formula is C8H16O4. The number of ether oxygens (including phenoxy) is 1. The van der Waals surface area contributed by atoms with E-state index in [0.29, 0.717) is 6.61 Å². The van der Waals surface area contributed by atoms with Gasteiger partial charge in [-0.25, -0.2) is 0 Å². The lowest BCUT2D eigenvalue weighted by Gasteiger charge is -2.36. The van der Waals surface area contributed by atoms with Gasteiger partial charge in [0.05, 0.1) is 19.3 Å². The number of aliphatic hydroxyl groups is 3. The second kappa shape index (κ2) is 4.18. The Morgan fingerprint density at radius 3 is 2.50 bits per heavy atom. The summed E-state index contributed by atoms with van der Waals surface area (Å²) in [6, 6.07) is 0. The summed E-state index contributed by atoms with van der Waals surface area (Å²) in [6.45, 7) is 2.11. The first-order valence-electron chi connectivity index (χ1n) is 4.29. The highest BCUT2D eigenvalue weighted by Crippen LogP contribution is 2.22. The van der Waals surface area contributed by atoms with Crippen LogP contribution in [0, 0.1) is 5.92 Å². The minimum atomic E-state index is -0.950. The molecule has 1 heterocycles. The van der Waals surface area contributed by atoms with Crippen LogP contribution in [-0.2, 0) is 4.74 Å². The average Bonchev–Trinajstić information content (AvgIpc) is 2.10. The monoisotopic (exact) mass is 176 g/mol. The van der Waals surface area contributed by atoms with Gasteiger partial charge in [-0.3, -0.25) is 0 Å². The molecule has 3 N–H and O–H groups in total. The predicted molar refractivity (Wildman–Crippen MR) is 42.6 cm³/mol.